The van der Waals surface area contributed by atoms with Crippen molar-refractivity contribution in [3.8, 4) is 0 Å². The summed E-state index contributed by atoms with van der Waals surface area (Å²) in [6.07, 6.45) is 1.35. The minimum Gasteiger partial charge on any atom is -0.291 e. The van der Waals surface area contributed by atoms with Crippen LogP contribution in [0.5, 0.6) is 0 Å². The highest BCUT2D eigenvalue weighted by atomic mass is 35.6. The van der Waals surface area contributed by atoms with Crippen LogP contribution in [0.1, 0.15) is 13.8 Å². The lowest BCUT2D eigenvalue weighted by Crippen LogP contribution is -2.53. The average molecular weight is 348 g/mol. The molecule has 1 atom stereocenters. The van der Waals surface area contributed by atoms with E-state index in [1.165, 1.54) is 11.2 Å². The topological polar surface area (TPSA) is 18.8 Å². The Kier molecular flexibility index (Phi) is 4.66. The van der Waals surface area contributed by atoms with Gasteiger partial charge in [0.15, 0.2) is 5.62 Å². The monoisotopic (exact) mass is 345 g/mol. The maximum atomic E-state index is 6.11. The van der Waals surface area contributed by atoms with E-state index in [-0.39, 0.29) is 6.04 Å². The Labute approximate surface area is 124 Å². The largest absolute Gasteiger partial charge is 0.291 e. The van der Waals surface area contributed by atoms with Crippen LogP contribution in [-0.2, 0) is 0 Å². The van der Waals surface area contributed by atoms with E-state index in [1.807, 2.05) is 13.8 Å². The summed E-state index contributed by atoms with van der Waals surface area (Å²) in [5.41, 5.74) is -0.703. The number of halogens is 6. The third kappa shape index (κ3) is 2.70. The quantitative estimate of drug-likeness (QED) is 0.556. The molecule has 1 aliphatic rings. The SMILES string of the molecule is CC(C)N1N=CN(C(Cl)(Cl)C(Cl)(Cl)Cl)C1Cl. The van der Waals surface area contributed by atoms with Gasteiger partial charge in [-0.2, -0.15) is 5.10 Å². The fraction of sp³-hybridized carbons (Fsp3) is 0.857. The van der Waals surface area contributed by atoms with Gasteiger partial charge in [0, 0.05) is 6.04 Å². The van der Waals surface area contributed by atoms with Gasteiger partial charge < -0.3 is 0 Å². The van der Waals surface area contributed by atoms with E-state index in [1.54, 1.807) is 5.01 Å². The number of nitrogens with zero attached hydrogens (tertiary/aromatic N) is 3. The average Bonchev–Trinajstić information content (AvgIpc) is 2.44. The lowest BCUT2D eigenvalue weighted by atomic mass is 10.4. The van der Waals surface area contributed by atoms with E-state index in [9.17, 15) is 0 Å². The van der Waals surface area contributed by atoms with Gasteiger partial charge >= 0.3 is 0 Å². The van der Waals surface area contributed by atoms with Gasteiger partial charge in [-0.25, -0.2) is 0 Å². The van der Waals surface area contributed by atoms with Crippen LogP contribution in [0.25, 0.3) is 0 Å². The van der Waals surface area contributed by atoms with Crippen LogP contribution in [0, 0.1) is 0 Å². The number of rotatable bonds is 2. The van der Waals surface area contributed by atoms with E-state index in [0.717, 1.165) is 0 Å². The van der Waals surface area contributed by atoms with Crippen LogP contribution in [-0.4, -0.2) is 36.2 Å². The molecule has 0 bridgehead atoms. The minimum atomic E-state index is -1.91. The molecule has 94 valence electrons. The van der Waals surface area contributed by atoms with Gasteiger partial charge in [-0.1, -0.05) is 69.6 Å². The van der Waals surface area contributed by atoms with Crippen molar-refractivity contribution in [2.45, 2.75) is 33.8 Å². The summed E-state index contributed by atoms with van der Waals surface area (Å²) in [7, 11) is 0. The Morgan fingerprint density at radius 1 is 1.19 bits per heavy atom. The molecule has 0 saturated heterocycles. The zero-order chi connectivity index (χ0) is 12.7. The maximum absolute atomic E-state index is 6.11. The highest BCUT2D eigenvalue weighted by molar-refractivity contribution is 6.75. The van der Waals surface area contributed by atoms with Crippen LogP contribution in [0.4, 0.5) is 0 Å². The summed E-state index contributed by atoms with van der Waals surface area (Å²) in [5, 5.41) is 5.62. The van der Waals surface area contributed by atoms with Gasteiger partial charge in [0.05, 0.1) is 0 Å². The molecule has 0 aromatic heterocycles. The molecule has 0 aliphatic carbocycles. The molecule has 0 amide bonds. The van der Waals surface area contributed by atoms with Gasteiger partial charge in [-0.3, -0.25) is 9.91 Å². The van der Waals surface area contributed by atoms with E-state index >= 15 is 0 Å². The molecule has 1 rings (SSSR count). The van der Waals surface area contributed by atoms with Crippen LogP contribution in [0.2, 0.25) is 0 Å². The second-order valence-electron chi connectivity index (χ2n) is 3.46. The molecular formula is C7H9Cl6N3. The van der Waals surface area contributed by atoms with Crippen molar-refractivity contribution in [3.63, 3.8) is 0 Å². The summed E-state index contributed by atoms with van der Waals surface area (Å²) >= 11 is 35.1. The summed E-state index contributed by atoms with van der Waals surface area (Å²) in [6.45, 7) is 3.82. The lowest BCUT2D eigenvalue weighted by Gasteiger charge is -2.38. The van der Waals surface area contributed by atoms with Gasteiger partial charge in [-0.05, 0) is 13.8 Å². The molecule has 0 aromatic rings. The van der Waals surface area contributed by atoms with E-state index in [2.05, 4.69) is 5.10 Å². The van der Waals surface area contributed by atoms with Crippen LogP contribution in [0.3, 0.4) is 0 Å². The molecule has 0 N–H and O–H groups in total. The second kappa shape index (κ2) is 4.94. The van der Waals surface area contributed by atoms with Crippen molar-refractivity contribution in [1.82, 2.24) is 9.91 Å². The smallest absolute Gasteiger partial charge is 0.241 e. The number of hydrogen-bond donors (Lipinski definition) is 0. The molecule has 9 heteroatoms. The predicted octanol–water partition coefficient (Wildman–Crippen LogP) is 3.98. The molecule has 16 heavy (non-hydrogen) atoms. The molecule has 1 aliphatic heterocycles. The zero-order valence-corrected chi connectivity index (χ0v) is 12.9. The number of hydrogen-bond acceptors (Lipinski definition) is 3. The Morgan fingerprint density at radius 3 is 2.00 bits per heavy atom. The molecule has 0 fully saturated rings. The molecule has 0 saturated carbocycles. The normalized spacial score (nSPS) is 22.4. The fourth-order valence-corrected chi connectivity index (χ4v) is 2.22. The Morgan fingerprint density at radius 2 is 1.69 bits per heavy atom. The van der Waals surface area contributed by atoms with E-state index in [4.69, 9.17) is 69.6 Å². The van der Waals surface area contributed by atoms with Crippen molar-refractivity contribution in [1.29, 1.82) is 0 Å². The Balaban J connectivity index is 2.90. The first-order valence-corrected chi connectivity index (χ1v) is 6.61. The van der Waals surface area contributed by atoms with Crippen LogP contribution < -0.4 is 0 Å². The summed E-state index contributed by atoms with van der Waals surface area (Å²) in [6, 6.07) is 0.0725. The van der Waals surface area contributed by atoms with Gasteiger partial charge in [-0.15, -0.1) is 0 Å². The predicted molar refractivity (Wildman–Crippen MR) is 71.7 cm³/mol. The molecule has 3 nitrogen and oxygen atoms in total. The molecule has 1 heterocycles. The molecule has 0 radical (unpaired) electrons. The fourth-order valence-electron chi connectivity index (χ4n) is 1.08. The Hall–Kier alpha value is 1.01. The summed E-state index contributed by atoms with van der Waals surface area (Å²) < 4.78 is -3.71. The molecule has 0 aromatic carbocycles. The number of alkyl halides is 6. The summed E-state index contributed by atoms with van der Waals surface area (Å²) in [5.74, 6) is 0. The minimum absolute atomic E-state index is 0.0725. The van der Waals surface area contributed by atoms with Crippen molar-refractivity contribution in [3.05, 3.63) is 0 Å². The van der Waals surface area contributed by atoms with Crippen molar-refractivity contribution < 1.29 is 0 Å². The molecular weight excluding hydrogens is 339 g/mol. The van der Waals surface area contributed by atoms with Crippen molar-refractivity contribution in [2.75, 3.05) is 0 Å². The van der Waals surface area contributed by atoms with Crippen LogP contribution in [0.15, 0.2) is 5.10 Å². The van der Waals surface area contributed by atoms with Crippen LogP contribution >= 0.6 is 69.6 Å². The maximum Gasteiger partial charge on any atom is 0.241 e. The summed E-state index contributed by atoms with van der Waals surface area (Å²) in [4.78, 5) is 1.27. The highest BCUT2D eigenvalue weighted by Crippen LogP contribution is 2.49. The Bertz CT molecular complexity index is 286. The first kappa shape index (κ1) is 15.1. The molecule has 1 unspecified atom stereocenters. The van der Waals surface area contributed by atoms with Gasteiger partial charge in [0.2, 0.25) is 8.25 Å². The van der Waals surface area contributed by atoms with E-state index in [0.29, 0.717) is 0 Å². The molecule has 0 spiro atoms. The van der Waals surface area contributed by atoms with E-state index < -0.39 is 13.9 Å². The standard InChI is InChI=1S/C7H9Cl6N3/c1-4(2)16-5(8)15(3-14-16)7(12,13)6(9,10)11/h3-5H,1-2H3. The first-order valence-electron chi connectivity index (χ1n) is 4.28. The zero-order valence-electron chi connectivity index (χ0n) is 8.34. The van der Waals surface area contributed by atoms with Crippen molar-refractivity contribution in [2.24, 2.45) is 5.10 Å². The van der Waals surface area contributed by atoms with Crippen molar-refractivity contribution >= 4 is 75.9 Å². The first-order chi connectivity index (χ1) is 7.09. The van der Waals surface area contributed by atoms with Gasteiger partial charge in [0.25, 0.3) is 0 Å². The lowest BCUT2D eigenvalue weighted by molar-refractivity contribution is 0.146. The third-order valence-electron chi connectivity index (χ3n) is 1.95. The van der Waals surface area contributed by atoms with Gasteiger partial charge in [0.1, 0.15) is 6.34 Å². The second-order valence-corrected chi connectivity index (χ2v) is 7.42. The highest BCUT2D eigenvalue weighted by Gasteiger charge is 2.54. The third-order valence-corrected chi connectivity index (χ3v) is 4.72. The number of hydrazone groups is 1.